The summed E-state index contributed by atoms with van der Waals surface area (Å²) in [4.78, 5) is 0. The third kappa shape index (κ3) is 4.02. The largest absolute Gasteiger partial charge is 0.491 e. The minimum absolute atomic E-state index is 0.231. The van der Waals surface area contributed by atoms with Gasteiger partial charge in [-0.25, -0.2) is 0 Å². The van der Waals surface area contributed by atoms with Crippen LogP contribution in [0.2, 0.25) is 0 Å². The lowest BCUT2D eigenvalue weighted by atomic mass is 10.2. The molecule has 1 atom stereocenters. The van der Waals surface area contributed by atoms with E-state index in [4.69, 9.17) is 9.47 Å². The van der Waals surface area contributed by atoms with Crippen LogP contribution < -0.4 is 10.1 Å². The molecule has 1 aliphatic heterocycles. The first kappa shape index (κ1) is 12.4. The molecule has 0 aliphatic carbocycles. The summed E-state index contributed by atoms with van der Waals surface area (Å²) in [5.74, 6) is 0.938. The van der Waals surface area contributed by atoms with Crippen molar-refractivity contribution >= 4 is 0 Å². The zero-order valence-corrected chi connectivity index (χ0v) is 10.6. The molecule has 1 aromatic carbocycles. The molecule has 0 aromatic heterocycles. The molecule has 1 fully saturated rings. The number of benzene rings is 1. The highest BCUT2D eigenvalue weighted by atomic mass is 16.5. The minimum Gasteiger partial charge on any atom is -0.491 e. The number of hydrogen-bond donors (Lipinski definition) is 1. The van der Waals surface area contributed by atoms with E-state index in [9.17, 15) is 0 Å². The molecule has 0 radical (unpaired) electrons. The van der Waals surface area contributed by atoms with Crippen molar-refractivity contribution in [2.75, 3.05) is 13.2 Å². The quantitative estimate of drug-likeness (QED) is 0.850. The number of nitrogens with one attached hydrogen (secondary N) is 1. The standard InChI is InChI=1S/C14H21NO2/c1-11(2)17-14-5-3-12(4-6-14)9-15-13-7-8-16-10-13/h3-6,11,13,15H,7-10H2,1-2H3. The van der Waals surface area contributed by atoms with Crippen molar-refractivity contribution in [3.63, 3.8) is 0 Å². The SMILES string of the molecule is CC(C)Oc1ccc(CNC2CCOC2)cc1. The Kier molecular flexibility index (Phi) is 4.40. The lowest BCUT2D eigenvalue weighted by molar-refractivity contribution is 0.190. The van der Waals surface area contributed by atoms with Gasteiger partial charge in [0.05, 0.1) is 12.7 Å². The van der Waals surface area contributed by atoms with Gasteiger partial charge in [-0.2, -0.15) is 0 Å². The van der Waals surface area contributed by atoms with Gasteiger partial charge >= 0.3 is 0 Å². The fraction of sp³-hybridized carbons (Fsp3) is 0.571. The zero-order chi connectivity index (χ0) is 12.1. The molecule has 0 spiro atoms. The van der Waals surface area contributed by atoms with E-state index in [1.54, 1.807) is 0 Å². The van der Waals surface area contributed by atoms with Crippen LogP contribution in [0.25, 0.3) is 0 Å². The second-order valence-corrected chi connectivity index (χ2v) is 4.75. The summed E-state index contributed by atoms with van der Waals surface area (Å²) in [6.45, 7) is 6.70. The van der Waals surface area contributed by atoms with Crippen molar-refractivity contribution in [1.82, 2.24) is 5.32 Å². The molecule has 1 N–H and O–H groups in total. The number of rotatable bonds is 5. The van der Waals surface area contributed by atoms with Crippen LogP contribution in [-0.2, 0) is 11.3 Å². The van der Waals surface area contributed by atoms with Crippen LogP contribution in [0.4, 0.5) is 0 Å². The van der Waals surface area contributed by atoms with E-state index in [1.165, 1.54) is 5.56 Å². The van der Waals surface area contributed by atoms with Gasteiger partial charge in [0.15, 0.2) is 0 Å². The van der Waals surface area contributed by atoms with Crippen LogP contribution in [-0.4, -0.2) is 25.4 Å². The average Bonchev–Trinajstić information content (AvgIpc) is 2.80. The lowest BCUT2D eigenvalue weighted by Crippen LogP contribution is -2.28. The highest BCUT2D eigenvalue weighted by molar-refractivity contribution is 5.27. The normalized spacial score (nSPS) is 19.8. The molecule has 0 amide bonds. The summed E-state index contributed by atoms with van der Waals surface area (Å²) in [5.41, 5.74) is 1.29. The average molecular weight is 235 g/mol. The summed E-state index contributed by atoms with van der Waals surface area (Å²) in [6.07, 6.45) is 1.35. The van der Waals surface area contributed by atoms with Gasteiger partial charge in [0, 0.05) is 19.2 Å². The smallest absolute Gasteiger partial charge is 0.119 e. The molecule has 3 heteroatoms. The Morgan fingerprint density at radius 2 is 2.12 bits per heavy atom. The van der Waals surface area contributed by atoms with Gasteiger partial charge in [-0.15, -0.1) is 0 Å². The van der Waals surface area contributed by atoms with Gasteiger partial charge in [0.1, 0.15) is 5.75 Å². The first-order chi connectivity index (χ1) is 8.24. The van der Waals surface area contributed by atoms with Crippen LogP contribution in [0.15, 0.2) is 24.3 Å². The lowest BCUT2D eigenvalue weighted by Gasteiger charge is -2.12. The van der Waals surface area contributed by atoms with Gasteiger partial charge in [0.2, 0.25) is 0 Å². The highest BCUT2D eigenvalue weighted by Gasteiger charge is 2.14. The topological polar surface area (TPSA) is 30.5 Å². The maximum atomic E-state index is 5.61. The predicted octanol–water partition coefficient (Wildman–Crippen LogP) is 2.35. The maximum Gasteiger partial charge on any atom is 0.119 e. The molecule has 1 heterocycles. The molecule has 0 saturated carbocycles. The summed E-state index contributed by atoms with van der Waals surface area (Å²) < 4.78 is 10.9. The maximum absolute atomic E-state index is 5.61. The van der Waals surface area contributed by atoms with E-state index in [2.05, 4.69) is 17.4 Å². The Balaban J connectivity index is 1.80. The van der Waals surface area contributed by atoms with Crippen LogP contribution in [0.1, 0.15) is 25.8 Å². The molecule has 1 aromatic rings. The van der Waals surface area contributed by atoms with Gasteiger partial charge < -0.3 is 14.8 Å². The van der Waals surface area contributed by atoms with Gasteiger partial charge in [-0.1, -0.05) is 12.1 Å². The number of hydrogen-bond acceptors (Lipinski definition) is 3. The van der Waals surface area contributed by atoms with E-state index in [-0.39, 0.29) is 6.10 Å². The molecule has 1 unspecified atom stereocenters. The van der Waals surface area contributed by atoms with E-state index in [0.717, 1.165) is 31.9 Å². The van der Waals surface area contributed by atoms with Gasteiger partial charge in [-0.05, 0) is 38.0 Å². The first-order valence-corrected chi connectivity index (χ1v) is 6.31. The first-order valence-electron chi connectivity index (χ1n) is 6.31. The van der Waals surface area contributed by atoms with E-state index >= 15 is 0 Å². The Bertz CT molecular complexity index is 329. The Labute approximate surface area is 103 Å². The molecule has 1 aliphatic rings. The fourth-order valence-electron chi connectivity index (χ4n) is 1.92. The summed E-state index contributed by atoms with van der Waals surface area (Å²) in [5, 5.41) is 3.49. The molecular weight excluding hydrogens is 214 g/mol. The third-order valence-corrected chi connectivity index (χ3v) is 2.82. The Morgan fingerprint density at radius 3 is 2.71 bits per heavy atom. The zero-order valence-electron chi connectivity index (χ0n) is 10.6. The minimum atomic E-state index is 0.231. The number of ether oxygens (including phenoxy) is 2. The van der Waals surface area contributed by atoms with Crippen molar-refractivity contribution < 1.29 is 9.47 Å². The monoisotopic (exact) mass is 235 g/mol. The third-order valence-electron chi connectivity index (χ3n) is 2.82. The van der Waals surface area contributed by atoms with Crippen molar-refractivity contribution in [1.29, 1.82) is 0 Å². The summed E-state index contributed by atoms with van der Waals surface area (Å²) in [7, 11) is 0. The molecule has 1 saturated heterocycles. The van der Waals surface area contributed by atoms with E-state index < -0.39 is 0 Å². The Hall–Kier alpha value is -1.06. The van der Waals surface area contributed by atoms with Crippen molar-refractivity contribution in [2.45, 2.75) is 39.0 Å². The van der Waals surface area contributed by atoms with Gasteiger partial charge in [-0.3, -0.25) is 0 Å². The van der Waals surface area contributed by atoms with E-state index in [1.807, 2.05) is 26.0 Å². The second kappa shape index (κ2) is 6.03. The summed E-state index contributed by atoms with van der Waals surface area (Å²) in [6, 6.07) is 8.80. The molecule has 2 rings (SSSR count). The molecular formula is C14H21NO2. The van der Waals surface area contributed by atoms with E-state index in [0.29, 0.717) is 6.04 Å². The molecule has 17 heavy (non-hydrogen) atoms. The van der Waals surface area contributed by atoms with Crippen molar-refractivity contribution in [2.24, 2.45) is 0 Å². The van der Waals surface area contributed by atoms with Crippen molar-refractivity contribution in [3.05, 3.63) is 29.8 Å². The molecule has 3 nitrogen and oxygen atoms in total. The van der Waals surface area contributed by atoms with Crippen LogP contribution in [0.3, 0.4) is 0 Å². The van der Waals surface area contributed by atoms with Gasteiger partial charge in [0.25, 0.3) is 0 Å². The summed E-state index contributed by atoms with van der Waals surface area (Å²) >= 11 is 0. The second-order valence-electron chi connectivity index (χ2n) is 4.75. The van der Waals surface area contributed by atoms with Crippen LogP contribution in [0.5, 0.6) is 5.75 Å². The van der Waals surface area contributed by atoms with Crippen molar-refractivity contribution in [3.8, 4) is 5.75 Å². The fourth-order valence-corrected chi connectivity index (χ4v) is 1.92. The van der Waals surface area contributed by atoms with Crippen LogP contribution in [0, 0.1) is 0 Å². The Morgan fingerprint density at radius 1 is 1.35 bits per heavy atom. The molecule has 94 valence electrons. The highest BCUT2D eigenvalue weighted by Crippen LogP contribution is 2.14. The van der Waals surface area contributed by atoms with Crippen LogP contribution >= 0.6 is 0 Å². The molecule has 0 bridgehead atoms. The predicted molar refractivity (Wildman–Crippen MR) is 68.3 cm³/mol.